The van der Waals surface area contributed by atoms with E-state index in [2.05, 4.69) is 41.7 Å². The van der Waals surface area contributed by atoms with Crippen LogP contribution in [-0.2, 0) is 6.54 Å². The van der Waals surface area contributed by atoms with Gasteiger partial charge >= 0.3 is 0 Å². The number of pyridine rings is 1. The molecule has 0 aromatic carbocycles. The van der Waals surface area contributed by atoms with E-state index in [9.17, 15) is 0 Å². The van der Waals surface area contributed by atoms with E-state index in [4.69, 9.17) is 5.73 Å². The molecule has 1 aromatic heterocycles. The maximum Gasteiger partial charge on any atom is 0.136 e. The highest BCUT2D eigenvalue weighted by Gasteiger charge is 2.21. The molecule has 2 N–H and O–H groups in total. The molecule has 0 bridgehead atoms. The van der Waals surface area contributed by atoms with E-state index in [1.54, 1.807) is 0 Å². The third-order valence-corrected chi connectivity index (χ3v) is 2.71. The predicted molar refractivity (Wildman–Crippen MR) is 67.2 cm³/mol. The lowest BCUT2D eigenvalue weighted by molar-refractivity contribution is 0.301. The molecular weight excluding hydrogens is 200 g/mol. The Balaban J connectivity index is 2.31. The van der Waals surface area contributed by atoms with E-state index < -0.39 is 0 Å². The van der Waals surface area contributed by atoms with Crippen LogP contribution in [0.5, 0.6) is 0 Å². The highest BCUT2D eigenvalue weighted by Crippen LogP contribution is 2.26. The van der Waals surface area contributed by atoms with Crippen molar-refractivity contribution in [3.8, 4) is 0 Å². The van der Waals surface area contributed by atoms with Crippen molar-refractivity contribution >= 4 is 11.6 Å². The number of nitrogens with zero attached hydrogens (tertiary/aromatic N) is 3. The van der Waals surface area contributed by atoms with Crippen LogP contribution in [0.2, 0.25) is 0 Å². The smallest absolute Gasteiger partial charge is 0.136 e. The molecule has 0 unspecified atom stereocenters. The Morgan fingerprint density at radius 2 is 2.19 bits per heavy atom. The molecule has 0 atom stereocenters. The van der Waals surface area contributed by atoms with Gasteiger partial charge in [-0.3, -0.25) is 4.90 Å². The van der Waals surface area contributed by atoms with Crippen LogP contribution < -0.4 is 10.6 Å². The average molecular weight is 220 g/mol. The molecule has 88 valence electrons. The number of nitrogen functional groups attached to an aromatic ring is 1. The van der Waals surface area contributed by atoms with Gasteiger partial charge in [-0.25, -0.2) is 4.98 Å². The molecule has 0 saturated heterocycles. The van der Waals surface area contributed by atoms with E-state index in [0.29, 0.717) is 11.7 Å². The first-order valence-electron chi connectivity index (χ1n) is 5.75. The van der Waals surface area contributed by atoms with Gasteiger partial charge < -0.3 is 10.6 Å². The Bertz CT molecular complexity index is 375. The molecule has 1 aliphatic heterocycles. The quantitative estimate of drug-likeness (QED) is 0.821. The van der Waals surface area contributed by atoms with Crippen molar-refractivity contribution in [1.29, 1.82) is 0 Å². The van der Waals surface area contributed by atoms with Gasteiger partial charge in [-0.1, -0.05) is 19.9 Å². The SMILES string of the molecule is CC(C)CN1CN(C)Cc2ccc(N)nc21. The predicted octanol–water partition coefficient (Wildman–Crippen LogP) is 1.53. The average Bonchev–Trinajstić information content (AvgIpc) is 2.18. The molecule has 4 heteroatoms. The molecule has 1 aliphatic rings. The zero-order valence-electron chi connectivity index (χ0n) is 10.3. The molecule has 2 rings (SSSR count). The third-order valence-electron chi connectivity index (χ3n) is 2.71. The summed E-state index contributed by atoms with van der Waals surface area (Å²) in [6, 6.07) is 3.96. The van der Waals surface area contributed by atoms with Crippen molar-refractivity contribution in [1.82, 2.24) is 9.88 Å². The van der Waals surface area contributed by atoms with Gasteiger partial charge in [0.1, 0.15) is 11.6 Å². The van der Waals surface area contributed by atoms with Crippen LogP contribution in [0.25, 0.3) is 0 Å². The standard InChI is InChI=1S/C12H20N4/c1-9(2)6-16-8-15(3)7-10-4-5-11(13)14-12(10)16/h4-5,9H,6-8H2,1-3H3,(H2,13,14). The van der Waals surface area contributed by atoms with Crippen molar-refractivity contribution in [2.24, 2.45) is 5.92 Å². The maximum absolute atomic E-state index is 5.76. The van der Waals surface area contributed by atoms with Gasteiger partial charge in [0.15, 0.2) is 0 Å². The lowest BCUT2D eigenvalue weighted by atomic mass is 10.1. The van der Waals surface area contributed by atoms with Gasteiger partial charge in [0.25, 0.3) is 0 Å². The van der Waals surface area contributed by atoms with Crippen LogP contribution in [-0.4, -0.2) is 30.1 Å². The molecule has 1 aromatic rings. The molecule has 0 radical (unpaired) electrons. The molecule has 0 saturated carbocycles. The van der Waals surface area contributed by atoms with Crippen LogP contribution in [0.3, 0.4) is 0 Å². The number of rotatable bonds is 2. The van der Waals surface area contributed by atoms with E-state index >= 15 is 0 Å². The van der Waals surface area contributed by atoms with E-state index in [1.165, 1.54) is 5.56 Å². The van der Waals surface area contributed by atoms with Crippen LogP contribution in [0, 0.1) is 5.92 Å². The largest absolute Gasteiger partial charge is 0.384 e. The van der Waals surface area contributed by atoms with Crippen molar-refractivity contribution < 1.29 is 0 Å². The third kappa shape index (κ3) is 2.27. The lowest BCUT2D eigenvalue weighted by Gasteiger charge is -2.36. The molecule has 0 spiro atoms. The molecule has 0 amide bonds. The Morgan fingerprint density at radius 3 is 2.88 bits per heavy atom. The van der Waals surface area contributed by atoms with E-state index in [0.717, 1.165) is 25.6 Å². The van der Waals surface area contributed by atoms with Crippen molar-refractivity contribution in [2.75, 3.05) is 30.9 Å². The first-order chi connectivity index (χ1) is 7.56. The van der Waals surface area contributed by atoms with Gasteiger partial charge in [0.05, 0.1) is 6.67 Å². The number of aromatic nitrogens is 1. The minimum absolute atomic E-state index is 0.608. The lowest BCUT2D eigenvalue weighted by Crippen LogP contribution is -2.42. The summed E-state index contributed by atoms with van der Waals surface area (Å²) in [7, 11) is 2.13. The second-order valence-electron chi connectivity index (χ2n) is 4.99. The van der Waals surface area contributed by atoms with Crippen LogP contribution in [0.15, 0.2) is 12.1 Å². The van der Waals surface area contributed by atoms with Crippen LogP contribution in [0.1, 0.15) is 19.4 Å². The highest BCUT2D eigenvalue weighted by molar-refractivity contribution is 5.53. The Kier molecular flexibility index (Phi) is 3.01. The zero-order valence-corrected chi connectivity index (χ0v) is 10.3. The number of anilines is 2. The van der Waals surface area contributed by atoms with E-state index in [1.807, 2.05) is 6.07 Å². The van der Waals surface area contributed by atoms with E-state index in [-0.39, 0.29) is 0 Å². The summed E-state index contributed by atoms with van der Waals surface area (Å²) < 4.78 is 0. The summed E-state index contributed by atoms with van der Waals surface area (Å²) in [5, 5.41) is 0. The van der Waals surface area contributed by atoms with Crippen molar-refractivity contribution in [3.05, 3.63) is 17.7 Å². The van der Waals surface area contributed by atoms with Crippen LogP contribution >= 0.6 is 0 Å². The first kappa shape index (κ1) is 11.2. The monoisotopic (exact) mass is 220 g/mol. The molecule has 4 nitrogen and oxygen atoms in total. The summed E-state index contributed by atoms with van der Waals surface area (Å²) in [6.45, 7) is 7.35. The van der Waals surface area contributed by atoms with Gasteiger partial charge in [-0.15, -0.1) is 0 Å². The fraction of sp³-hybridized carbons (Fsp3) is 0.583. The zero-order chi connectivity index (χ0) is 11.7. The Morgan fingerprint density at radius 1 is 1.44 bits per heavy atom. The Hall–Kier alpha value is -1.29. The minimum atomic E-state index is 0.608. The number of hydrogen-bond donors (Lipinski definition) is 1. The molecule has 0 aliphatic carbocycles. The van der Waals surface area contributed by atoms with Gasteiger partial charge in [0.2, 0.25) is 0 Å². The molecule has 16 heavy (non-hydrogen) atoms. The summed E-state index contributed by atoms with van der Waals surface area (Å²) in [4.78, 5) is 9.06. The number of hydrogen-bond acceptors (Lipinski definition) is 4. The number of nitrogens with two attached hydrogens (primary N) is 1. The fourth-order valence-electron chi connectivity index (χ4n) is 2.17. The Labute approximate surface area is 97.1 Å². The topological polar surface area (TPSA) is 45.4 Å². The summed E-state index contributed by atoms with van der Waals surface area (Å²) in [5.74, 6) is 2.30. The van der Waals surface area contributed by atoms with Gasteiger partial charge in [-0.2, -0.15) is 0 Å². The van der Waals surface area contributed by atoms with Gasteiger partial charge in [-0.05, 0) is 19.0 Å². The van der Waals surface area contributed by atoms with Crippen molar-refractivity contribution in [2.45, 2.75) is 20.4 Å². The summed E-state index contributed by atoms with van der Waals surface area (Å²) >= 11 is 0. The minimum Gasteiger partial charge on any atom is -0.384 e. The summed E-state index contributed by atoms with van der Waals surface area (Å²) in [6.07, 6.45) is 0. The summed E-state index contributed by atoms with van der Waals surface area (Å²) in [5.41, 5.74) is 7.03. The number of fused-ring (bicyclic) bond motifs is 1. The highest BCUT2D eigenvalue weighted by atomic mass is 15.3. The fourth-order valence-corrected chi connectivity index (χ4v) is 2.17. The molecule has 2 heterocycles. The van der Waals surface area contributed by atoms with Crippen LogP contribution in [0.4, 0.5) is 11.6 Å². The molecule has 0 fully saturated rings. The normalized spacial score (nSPS) is 16.6. The van der Waals surface area contributed by atoms with Crippen molar-refractivity contribution in [3.63, 3.8) is 0 Å². The van der Waals surface area contributed by atoms with Gasteiger partial charge in [0, 0.05) is 18.7 Å². The second kappa shape index (κ2) is 4.29. The first-order valence-corrected chi connectivity index (χ1v) is 5.75. The maximum atomic E-state index is 5.76. The second-order valence-corrected chi connectivity index (χ2v) is 4.99. The molecular formula is C12H20N4.